The van der Waals surface area contributed by atoms with Crippen molar-refractivity contribution in [3.63, 3.8) is 0 Å². The number of hydrogen-bond donors (Lipinski definition) is 2. The molecule has 0 heterocycles. The Bertz CT molecular complexity index is 1910. The summed E-state index contributed by atoms with van der Waals surface area (Å²) in [6, 6.07) is 15.0. The molecule has 9 nitrogen and oxygen atoms in total. The van der Waals surface area contributed by atoms with E-state index >= 15 is 0 Å². The first-order valence-corrected chi connectivity index (χ1v) is 26.7. The van der Waals surface area contributed by atoms with E-state index in [9.17, 15) is 19.5 Å². The highest BCUT2D eigenvalue weighted by molar-refractivity contribution is 5.77. The van der Waals surface area contributed by atoms with Crippen LogP contribution in [0.1, 0.15) is 223 Å². The molecule has 8 fully saturated rings. The highest BCUT2D eigenvalue weighted by Gasteiger charge is 2.60. The minimum absolute atomic E-state index is 0.0364. The number of aromatic hydroxyl groups is 1. The zero-order valence-electron chi connectivity index (χ0n) is 44.8. The van der Waals surface area contributed by atoms with E-state index in [1.165, 1.54) is 49.7 Å². The number of ether oxygens (including phenoxy) is 4. The van der Waals surface area contributed by atoms with Crippen LogP contribution in [0, 0.1) is 46.3 Å². The summed E-state index contributed by atoms with van der Waals surface area (Å²) in [6.45, 7) is 28.4. The molecule has 382 valence electrons. The maximum absolute atomic E-state index is 12.6. The van der Waals surface area contributed by atoms with Gasteiger partial charge in [0.05, 0.1) is 16.4 Å². The molecule has 0 aromatic heterocycles. The van der Waals surface area contributed by atoms with Crippen molar-refractivity contribution in [1.82, 2.24) is 0 Å². The van der Waals surface area contributed by atoms with E-state index < -0.39 is 22.8 Å². The van der Waals surface area contributed by atoms with Gasteiger partial charge in [-0.1, -0.05) is 72.7 Å². The fraction of sp³-hybridized carbons (Fsp3) is 0.746. The third-order valence-electron chi connectivity index (χ3n) is 17.2. The third-order valence-corrected chi connectivity index (χ3v) is 17.2. The Morgan fingerprint density at radius 2 is 1.04 bits per heavy atom. The maximum atomic E-state index is 12.6. The van der Waals surface area contributed by atoms with Crippen molar-refractivity contribution in [2.75, 3.05) is 0 Å². The van der Waals surface area contributed by atoms with Crippen molar-refractivity contribution in [1.29, 1.82) is 0 Å². The third kappa shape index (κ3) is 13.8. The highest BCUT2D eigenvalue weighted by atomic mass is 16.7. The summed E-state index contributed by atoms with van der Waals surface area (Å²) in [7, 11) is 0. The largest absolute Gasteiger partial charge is 0.514 e. The molecule has 0 radical (unpaired) electrons. The van der Waals surface area contributed by atoms with Crippen LogP contribution in [0.5, 0.6) is 11.5 Å². The van der Waals surface area contributed by atoms with Crippen molar-refractivity contribution in [3.8, 4) is 11.5 Å². The second kappa shape index (κ2) is 22.2. The molecular weight excluding hydrogens is 853 g/mol. The molecule has 2 N–H and O–H groups in total. The minimum atomic E-state index is -0.668. The Morgan fingerprint density at radius 1 is 0.618 bits per heavy atom. The summed E-state index contributed by atoms with van der Waals surface area (Å²) in [4.78, 5) is 36.5. The lowest BCUT2D eigenvalue weighted by molar-refractivity contribution is -0.225. The van der Waals surface area contributed by atoms with Crippen LogP contribution in [0.3, 0.4) is 0 Å². The van der Waals surface area contributed by atoms with Crippen LogP contribution < -0.4 is 4.74 Å². The van der Waals surface area contributed by atoms with Gasteiger partial charge in [-0.15, -0.1) is 0 Å². The molecule has 4 unspecified atom stereocenters. The summed E-state index contributed by atoms with van der Waals surface area (Å²) >= 11 is 0. The lowest BCUT2D eigenvalue weighted by atomic mass is 9.49. The van der Waals surface area contributed by atoms with Gasteiger partial charge >= 0.3 is 18.1 Å². The van der Waals surface area contributed by atoms with E-state index in [1.54, 1.807) is 45.0 Å². The normalized spacial score (nSPS) is 30.5. The van der Waals surface area contributed by atoms with Crippen LogP contribution in [0.4, 0.5) is 4.79 Å². The van der Waals surface area contributed by atoms with Gasteiger partial charge < -0.3 is 29.2 Å². The van der Waals surface area contributed by atoms with Crippen molar-refractivity contribution in [2.45, 2.75) is 234 Å². The molecule has 0 spiro atoms. The monoisotopic (exact) mass is 945 g/mol. The molecule has 8 aliphatic carbocycles. The van der Waals surface area contributed by atoms with Crippen LogP contribution in [0.25, 0.3) is 0 Å². The average molecular weight is 945 g/mol. The van der Waals surface area contributed by atoms with E-state index in [1.807, 2.05) is 58.9 Å². The fourth-order valence-corrected chi connectivity index (χ4v) is 12.5. The highest BCUT2D eigenvalue weighted by Crippen LogP contribution is 2.61. The van der Waals surface area contributed by atoms with Gasteiger partial charge in [0.15, 0.2) is 0 Å². The van der Waals surface area contributed by atoms with Crippen molar-refractivity contribution >= 4 is 18.1 Å². The van der Waals surface area contributed by atoms with Gasteiger partial charge in [-0.05, 0) is 228 Å². The standard InChI is InChI=1S/C18H30O2.C16H26O3.C15H22O3.C10H14O/c1-5-17(3,4)16(19)20-18(6-2)14-8-12-7-13(10-14)11-15(18)9-12;1-4-14(2,3)13(17)19-16-8-11-5-12(9-16)7-15(18,6-11)10-16;1-6-11(2)12-7-9-13(10-8-12)17-14(16)18-15(3,4)5;1-3-8(2)9-4-6-10(11)7-5-9/h12-15H,5-11H2,1-4H3;11-12,18H,4-10H2,1-3H3;7-11H,6H2,1-5H3;4-8,11H,3H2,1-2H3. The van der Waals surface area contributed by atoms with E-state index in [0.717, 1.165) is 69.6 Å². The summed E-state index contributed by atoms with van der Waals surface area (Å²) in [5.41, 5.74) is 0.218. The number of phenols is 1. The van der Waals surface area contributed by atoms with Gasteiger partial charge in [0.1, 0.15) is 28.3 Å². The Labute approximate surface area is 411 Å². The number of hydrogen-bond acceptors (Lipinski definition) is 9. The van der Waals surface area contributed by atoms with Crippen LogP contribution in [0.2, 0.25) is 0 Å². The Hall–Kier alpha value is -3.59. The molecule has 68 heavy (non-hydrogen) atoms. The number of aliphatic hydroxyl groups is 1. The van der Waals surface area contributed by atoms with E-state index in [2.05, 4.69) is 41.5 Å². The molecule has 8 bridgehead atoms. The van der Waals surface area contributed by atoms with Gasteiger partial charge in [0.25, 0.3) is 0 Å². The zero-order chi connectivity index (χ0) is 50.5. The predicted molar refractivity (Wildman–Crippen MR) is 272 cm³/mol. The molecule has 0 amide bonds. The molecule has 10 rings (SSSR count). The Balaban J connectivity index is 0.000000173. The number of benzene rings is 2. The number of carbonyl (C=O) groups excluding carboxylic acids is 3. The lowest BCUT2D eigenvalue weighted by Gasteiger charge is -2.60. The molecule has 8 aliphatic rings. The quantitative estimate of drug-likeness (QED) is 0.121. The number of phenolic OH excluding ortho intramolecular Hbond substituents is 1. The molecule has 0 saturated heterocycles. The van der Waals surface area contributed by atoms with E-state index in [-0.39, 0.29) is 28.6 Å². The molecule has 2 aromatic rings. The van der Waals surface area contributed by atoms with Gasteiger partial charge in [0.2, 0.25) is 0 Å². The number of carbonyl (C=O) groups is 3. The van der Waals surface area contributed by atoms with Crippen LogP contribution >= 0.6 is 0 Å². The van der Waals surface area contributed by atoms with Crippen molar-refractivity contribution in [2.24, 2.45) is 46.3 Å². The van der Waals surface area contributed by atoms with Crippen LogP contribution in [-0.2, 0) is 23.8 Å². The first-order valence-electron chi connectivity index (χ1n) is 26.7. The van der Waals surface area contributed by atoms with E-state index in [0.29, 0.717) is 53.4 Å². The minimum Gasteiger partial charge on any atom is -0.508 e. The predicted octanol–water partition coefficient (Wildman–Crippen LogP) is 15.0. The topological polar surface area (TPSA) is 129 Å². The SMILES string of the molecule is CCC(C)(C)C(=O)OC1(CC)C2CC3CC(C2)CC1C3.CCC(C)(C)C(=O)OC12CC3CC(CC(O)(C3)C1)C2.CCC(C)c1ccc(O)cc1.CCC(C)c1ccc(OC(=O)OC(C)(C)C)cc1. The lowest BCUT2D eigenvalue weighted by Crippen LogP contribution is -2.61. The average Bonchev–Trinajstić information content (AvgIpc) is 3.26. The Kier molecular flexibility index (Phi) is 18.1. The first kappa shape index (κ1) is 55.3. The molecular formula is C59H92O9. The number of esters is 2. The zero-order valence-corrected chi connectivity index (χ0v) is 44.8. The van der Waals surface area contributed by atoms with Crippen molar-refractivity contribution < 1.29 is 43.5 Å². The van der Waals surface area contributed by atoms with Crippen LogP contribution in [0.15, 0.2) is 48.5 Å². The van der Waals surface area contributed by atoms with Gasteiger partial charge in [-0.2, -0.15) is 0 Å². The second-order valence-corrected chi connectivity index (χ2v) is 24.6. The smallest absolute Gasteiger partial charge is 0.508 e. The summed E-state index contributed by atoms with van der Waals surface area (Å²) in [6.07, 6.45) is 16.5. The molecule has 8 saturated carbocycles. The fourth-order valence-electron chi connectivity index (χ4n) is 12.5. The Morgan fingerprint density at radius 3 is 1.44 bits per heavy atom. The first-order chi connectivity index (χ1) is 31.7. The summed E-state index contributed by atoms with van der Waals surface area (Å²) in [5, 5.41) is 19.7. The molecule has 4 atom stereocenters. The summed E-state index contributed by atoms with van der Waals surface area (Å²) in [5.74, 6) is 6.16. The number of rotatable bonds is 12. The van der Waals surface area contributed by atoms with Crippen LogP contribution in [-0.4, -0.2) is 50.7 Å². The second-order valence-electron chi connectivity index (χ2n) is 24.6. The van der Waals surface area contributed by atoms with Gasteiger partial charge in [-0.3, -0.25) is 9.59 Å². The molecule has 2 aromatic carbocycles. The van der Waals surface area contributed by atoms with E-state index in [4.69, 9.17) is 24.1 Å². The molecule has 9 heteroatoms. The summed E-state index contributed by atoms with van der Waals surface area (Å²) < 4.78 is 22.4. The van der Waals surface area contributed by atoms with Gasteiger partial charge in [0, 0.05) is 6.42 Å². The molecule has 0 aliphatic heterocycles. The van der Waals surface area contributed by atoms with Gasteiger partial charge in [-0.25, -0.2) is 4.79 Å². The van der Waals surface area contributed by atoms with Crippen molar-refractivity contribution in [3.05, 3.63) is 59.7 Å². The maximum Gasteiger partial charge on any atom is 0.514 e.